The van der Waals surface area contributed by atoms with Gasteiger partial charge in [0.1, 0.15) is 0 Å². The molecule has 1 fully saturated rings. The van der Waals surface area contributed by atoms with Gasteiger partial charge in [0.2, 0.25) is 5.75 Å². The predicted octanol–water partition coefficient (Wildman–Crippen LogP) is 4.78. The summed E-state index contributed by atoms with van der Waals surface area (Å²) in [4.78, 5) is 15.2. The lowest BCUT2D eigenvalue weighted by Crippen LogP contribution is -2.46. The molecule has 0 bridgehead atoms. The number of nitrogens with one attached hydrogen (secondary N) is 1. The fourth-order valence-electron chi connectivity index (χ4n) is 3.72. The molecule has 2 atom stereocenters. The van der Waals surface area contributed by atoms with Crippen LogP contribution in [-0.2, 0) is 6.54 Å². The van der Waals surface area contributed by atoms with Gasteiger partial charge in [0, 0.05) is 12.6 Å². The number of methoxy groups -OCH3 is 3. The Kier molecular flexibility index (Phi) is 7.08. The first kappa shape index (κ1) is 21.8. The van der Waals surface area contributed by atoms with E-state index in [1.807, 2.05) is 42.2 Å². The number of benzene rings is 2. The Hall–Kier alpha value is -2.89. The van der Waals surface area contributed by atoms with E-state index in [0.717, 1.165) is 11.1 Å². The maximum absolute atomic E-state index is 13.3. The third-order valence-corrected chi connectivity index (χ3v) is 5.78. The van der Waals surface area contributed by atoms with Crippen molar-refractivity contribution < 1.29 is 19.0 Å². The van der Waals surface area contributed by atoms with Gasteiger partial charge in [0.15, 0.2) is 11.5 Å². The molecule has 2 unspecified atom stereocenters. The van der Waals surface area contributed by atoms with Gasteiger partial charge in [-0.05, 0) is 55.9 Å². The first-order chi connectivity index (χ1) is 14.5. The molecule has 162 valence electrons. The van der Waals surface area contributed by atoms with Gasteiger partial charge in [-0.2, -0.15) is 0 Å². The van der Waals surface area contributed by atoms with Gasteiger partial charge in [0.25, 0.3) is 0 Å². The van der Waals surface area contributed by atoms with Crippen LogP contribution in [0.4, 0.5) is 4.79 Å². The van der Waals surface area contributed by atoms with Gasteiger partial charge in [-0.1, -0.05) is 30.3 Å². The number of carbonyl (C=O) groups excluding carboxylic acids is 1. The second kappa shape index (κ2) is 9.74. The Morgan fingerprint density at radius 1 is 1.03 bits per heavy atom. The molecular weight excluding hydrogens is 380 g/mol. The van der Waals surface area contributed by atoms with Gasteiger partial charge < -0.3 is 24.4 Å². The Balaban J connectivity index is 1.79. The van der Waals surface area contributed by atoms with Crippen molar-refractivity contribution in [1.29, 1.82) is 0 Å². The minimum Gasteiger partial charge on any atom is -0.493 e. The lowest BCUT2D eigenvalue weighted by Gasteiger charge is -2.31. The van der Waals surface area contributed by atoms with Crippen molar-refractivity contribution in [2.45, 2.75) is 45.3 Å². The summed E-state index contributed by atoms with van der Waals surface area (Å²) < 4.78 is 16.3. The largest absolute Gasteiger partial charge is 0.493 e. The zero-order valence-electron chi connectivity index (χ0n) is 18.5. The maximum Gasteiger partial charge on any atom is 0.318 e. The van der Waals surface area contributed by atoms with E-state index in [4.69, 9.17) is 14.2 Å². The van der Waals surface area contributed by atoms with Crippen LogP contribution in [0.2, 0.25) is 0 Å². The van der Waals surface area contributed by atoms with E-state index < -0.39 is 0 Å². The molecule has 0 aromatic heterocycles. The van der Waals surface area contributed by atoms with Crippen LogP contribution in [0.3, 0.4) is 0 Å². The van der Waals surface area contributed by atoms with Crippen molar-refractivity contribution in [2.24, 2.45) is 5.92 Å². The minimum atomic E-state index is -0.226. The van der Waals surface area contributed by atoms with E-state index >= 15 is 0 Å². The summed E-state index contributed by atoms with van der Waals surface area (Å²) >= 11 is 0. The number of ether oxygens (including phenoxy) is 3. The Labute approximate surface area is 179 Å². The SMILES string of the molecule is COc1cc(C(C)NC(=O)N(Cc2ccccc2)C(C)C2CC2)cc(OC)c1OC. The van der Waals surface area contributed by atoms with Gasteiger partial charge >= 0.3 is 6.03 Å². The van der Waals surface area contributed by atoms with E-state index in [1.54, 1.807) is 21.3 Å². The quantitative estimate of drug-likeness (QED) is 0.644. The molecule has 6 nitrogen and oxygen atoms in total. The molecule has 3 rings (SSSR count). The van der Waals surface area contributed by atoms with Crippen LogP contribution >= 0.6 is 0 Å². The van der Waals surface area contributed by atoms with E-state index in [0.29, 0.717) is 29.7 Å². The fourth-order valence-corrected chi connectivity index (χ4v) is 3.72. The lowest BCUT2D eigenvalue weighted by atomic mass is 10.1. The van der Waals surface area contributed by atoms with Gasteiger partial charge in [-0.25, -0.2) is 4.79 Å². The molecule has 30 heavy (non-hydrogen) atoms. The molecule has 1 aliphatic rings. The van der Waals surface area contributed by atoms with Crippen LogP contribution in [-0.4, -0.2) is 38.3 Å². The smallest absolute Gasteiger partial charge is 0.318 e. The van der Waals surface area contributed by atoms with E-state index in [-0.39, 0.29) is 18.1 Å². The summed E-state index contributed by atoms with van der Waals surface area (Å²) in [6.45, 7) is 4.69. The van der Waals surface area contributed by atoms with Crippen molar-refractivity contribution >= 4 is 6.03 Å². The number of nitrogens with zero attached hydrogens (tertiary/aromatic N) is 1. The lowest BCUT2D eigenvalue weighted by molar-refractivity contribution is 0.164. The summed E-state index contributed by atoms with van der Waals surface area (Å²) in [5.41, 5.74) is 2.01. The number of carbonyl (C=O) groups is 1. The van der Waals surface area contributed by atoms with Crippen LogP contribution in [0.1, 0.15) is 43.9 Å². The summed E-state index contributed by atoms with van der Waals surface area (Å²) in [7, 11) is 4.75. The average molecular weight is 413 g/mol. The molecule has 2 aromatic rings. The predicted molar refractivity (Wildman–Crippen MR) is 117 cm³/mol. The first-order valence-corrected chi connectivity index (χ1v) is 10.4. The first-order valence-electron chi connectivity index (χ1n) is 10.4. The van der Waals surface area contributed by atoms with Gasteiger partial charge in [-0.3, -0.25) is 0 Å². The Bertz CT molecular complexity index is 827. The molecule has 1 N–H and O–H groups in total. The molecule has 0 radical (unpaired) electrons. The number of hydrogen-bond donors (Lipinski definition) is 1. The zero-order valence-corrected chi connectivity index (χ0v) is 18.5. The maximum atomic E-state index is 13.3. The average Bonchev–Trinajstić information content (AvgIpc) is 3.61. The molecule has 6 heteroatoms. The molecule has 2 amide bonds. The summed E-state index contributed by atoms with van der Waals surface area (Å²) in [5.74, 6) is 2.26. The van der Waals surface area contributed by atoms with Crippen LogP contribution in [0, 0.1) is 5.92 Å². The van der Waals surface area contributed by atoms with Crippen LogP contribution in [0.15, 0.2) is 42.5 Å². The van der Waals surface area contributed by atoms with Crippen molar-refractivity contribution in [3.63, 3.8) is 0 Å². The van der Waals surface area contributed by atoms with Gasteiger partial charge in [0.05, 0.1) is 27.4 Å². The third kappa shape index (κ3) is 4.99. The van der Waals surface area contributed by atoms with Crippen molar-refractivity contribution in [3.8, 4) is 17.2 Å². The molecule has 0 aliphatic heterocycles. The summed E-state index contributed by atoms with van der Waals surface area (Å²) in [6, 6.07) is 13.8. The molecule has 0 spiro atoms. The van der Waals surface area contributed by atoms with Crippen LogP contribution in [0.5, 0.6) is 17.2 Å². The molecule has 1 aliphatic carbocycles. The van der Waals surface area contributed by atoms with Crippen LogP contribution in [0.25, 0.3) is 0 Å². The van der Waals surface area contributed by atoms with Crippen molar-refractivity contribution in [3.05, 3.63) is 53.6 Å². The van der Waals surface area contributed by atoms with E-state index in [9.17, 15) is 4.79 Å². The van der Waals surface area contributed by atoms with E-state index in [2.05, 4.69) is 24.4 Å². The molecular formula is C24H32N2O4. The summed E-state index contributed by atoms with van der Waals surface area (Å²) in [6.07, 6.45) is 2.37. The Morgan fingerprint density at radius 2 is 1.63 bits per heavy atom. The van der Waals surface area contributed by atoms with Crippen LogP contribution < -0.4 is 19.5 Å². The highest BCUT2D eigenvalue weighted by molar-refractivity contribution is 5.75. The Morgan fingerprint density at radius 3 is 2.13 bits per heavy atom. The standard InChI is InChI=1S/C24H32N2O4/c1-16(20-13-21(28-3)23(30-5)22(14-20)29-4)25-24(27)26(17(2)19-11-12-19)15-18-9-7-6-8-10-18/h6-10,13-14,16-17,19H,11-12,15H2,1-5H3,(H,25,27). The van der Waals surface area contributed by atoms with Crippen molar-refractivity contribution in [1.82, 2.24) is 10.2 Å². The highest BCUT2D eigenvalue weighted by atomic mass is 16.5. The normalized spacial score (nSPS) is 15.1. The highest BCUT2D eigenvalue weighted by Gasteiger charge is 2.34. The fraction of sp³-hybridized carbons (Fsp3) is 0.458. The third-order valence-electron chi connectivity index (χ3n) is 5.78. The van der Waals surface area contributed by atoms with Crippen molar-refractivity contribution in [2.75, 3.05) is 21.3 Å². The zero-order chi connectivity index (χ0) is 21.7. The molecule has 1 saturated carbocycles. The second-order valence-electron chi connectivity index (χ2n) is 7.82. The monoisotopic (exact) mass is 412 g/mol. The minimum absolute atomic E-state index is 0.0699. The molecule has 0 saturated heterocycles. The number of urea groups is 1. The summed E-state index contributed by atoms with van der Waals surface area (Å²) in [5, 5.41) is 3.16. The highest BCUT2D eigenvalue weighted by Crippen LogP contribution is 2.40. The topological polar surface area (TPSA) is 60.0 Å². The number of hydrogen-bond acceptors (Lipinski definition) is 4. The van der Waals surface area contributed by atoms with E-state index in [1.165, 1.54) is 12.8 Å². The number of amides is 2. The number of rotatable bonds is 9. The molecule has 2 aromatic carbocycles. The molecule has 0 heterocycles. The van der Waals surface area contributed by atoms with Gasteiger partial charge in [-0.15, -0.1) is 0 Å². The second-order valence-corrected chi connectivity index (χ2v) is 7.82.